The normalized spacial score (nSPS) is 11.8. The van der Waals surface area contributed by atoms with Gasteiger partial charge in [0.25, 0.3) is 0 Å². The number of rotatable bonds is 6. The molecule has 0 saturated heterocycles. The molecule has 0 amide bonds. The van der Waals surface area contributed by atoms with Crippen molar-refractivity contribution >= 4 is 15.7 Å². The third-order valence-corrected chi connectivity index (χ3v) is 4.29. The molecule has 96 valence electrons. The average Bonchev–Trinajstić information content (AvgIpc) is 2.36. The van der Waals surface area contributed by atoms with Crippen LogP contribution in [0.2, 0.25) is 0 Å². The van der Waals surface area contributed by atoms with Crippen molar-refractivity contribution in [2.24, 2.45) is 0 Å². The predicted octanol–water partition coefficient (Wildman–Crippen LogP) is 2.10. The molecule has 4 nitrogen and oxygen atoms in total. The molecule has 0 aromatic heterocycles. The Kier molecular flexibility index (Phi) is 4.96. The van der Waals surface area contributed by atoms with Gasteiger partial charge in [-0.05, 0) is 19.1 Å². The van der Waals surface area contributed by atoms with Gasteiger partial charge in [-0.3, -0.25) is 0 Å². The minimum absolute atomic E-state index is 0.0956. The van der Waals surface area contributed by atoms with Crippen molar-refractivity contribution in [2.45, 2.75) is 20.8 Å². The van der Waals surface area contributed by atoms with E-state index >= 15 is 0 Å². The molecule has 0 aliphatic carbocycles. The van der Waals surface area contributed by atoms with Crippen molar-refractivity contribution in [3.05, 3.63) is 30.3 Å². The van der Waals surface area contributed by atoms with Crippen LogP contribution < -0.4 is 4.41 Å². The van der Waals surface area contributed by atoms with Gasteiger partial charge in [0, 0.05) is 13.1 Å². The minimum Gasteiger partial charge on any atom is -0.207 e. The molecule has 0 N–H and O–H groups in total. The molecule has 0 saturated carbocycles. The van der Waals surface area contributed by atoms with Crippen LogP contribution in [0.5, 0.6) is 0 Å². The summed E-state index contributed by atoms with van der Waals surface area (Å²) in [5.74, 6) is 0.0956. The van der Waals surface area contributed by atoms with Gasteiger partial charge in [-0.25, -0.2) is 17.8 Å². The van der Waals surface area contributed by atoms with Crippen LogP contribution in [0, 0.1) is 0 Å². The zero-order valence-corrected chi connectivity index (χ0v) is 11.4. The molecule has 0 fully saturated rings. The van der Waals surface area contributed by atoms with E-state index in [2.05, 4.69) is 0 Å². The van der Waals surface area contributed by atoms with Crippen molar-refractivity contribution in [1.82, 2.24) is 5.01 Å². The fourth-order valence-corrected chi connectivity index (χ4v) is 2.93. The molecule has 0 aliphatic heterocycles. The molecule has 0 heterocycles. The van der Waals surface area contributed by atoms with Gasteiger partial charge < -0.3 is 0 Å². The minimum atomic E-state index is -3.28. The smallest absolute Gasteiger partial charge is 0.207 e. The molecule has 1 rings (SSSR count). The molecular formula is C12H20N2O2S. The summed E-state index contributed by atoms with van der Waals surface area (Å²) in [5, 5.41) is 1.81. The summed E-state index contributed by atoms with van der Waals surface area (Å²) in [5.41, 5.74) is 0.693. The maximum Gasteiger partial charge on any atom is 0.248 e. The molecule has 0 bridgehead atoms. The van der Waals surface area contributed by atoms with Crippen LogP contribution in [-0.2, 0) is 10.0 Å². The summed E-state index contributed by atoms with van der Waals surface area (Å²) < 4.78 is 25.7. The molecule has 0 aliphatic rings. The summed E-state index contributed by atoms with van der Waals surface area (Å²) in [6, 6.07) is 9.19. The topological polar surface area (TPSA) is 40.6 Å². The Bertz CT molecular complexity index is 427. The van der Waals surface area contributed by atoms with Gasteiger partial charge in [0.05, 0.1) is 11.4 Å². The third-order valence-electron chi connectivity index (χ3n) is 2.59. The zero-order chi connectivity index (χ0) is 12.9. The van der Waals surface area contributed by atoms with E-state index in [1.54, 1.807) is 6.92 Å². The summed E-state index contributed by atoms with van der Waals surface area (Å²) in [4.78, 5) is 0. The summed E-state index contributed by atoms with van der Waals surface area (Å²) in [6.07, 6.45) is 0. The van der Waals surface area contributed by atoms with Gasteiger partial charge in [0.2, 0.25) is 10.0 Å². The van der Waals surface area contributed by atoms with Crippen LogP contribution in [0.15, 0.2) is 30.3 Å². The molecule has 5 heteroatoms. The second kappa shape index (κ2) is 6.02. The van der Waals surface area contributed by atoms with Crippen LogP contribution in [0.25, 0.3) is 0 Å². The Morgan fingerprint density at radius 2 is 1.53 bits per heavy atom. The van der Waals surface area contributed by atoms with Gasteiger partial charge in [-0.1, -0.05) is 32.0 Å². The summed E-state index contributed by atoms with van der Waals surface area (Å²) in [6.45, 7) is 6.87. The van der Waals surface area contributed by atoms with Crippen molar-refractivity contribution in [3.63, 3.8) is 0 Å². The van der Waals surface area contributed by atoms with Gasteiger partial charge in [0.1, 0.15) is 0 Å². The average molecular weight is 256 g/mol. The molecule has 0 spiro atoms. The van der Waals surface area contributed by atoms with E-state index in [4.69, 9.17) is 0 Å². The lowest BCUT2D eigenvalue weighted by Crippen LogP contribution is -2.47. The highest BCUT2D eigenvalue weighted by Crippen LogP contribution is 2.20. The quantitative estimate of drug-likeness (QED) is 0.732. The Labute approximate surface area is 104 Å². The first-order valence-corrected chi connectivity index (χ1v) is 7.50. The fourth-order valence-electron chi connectivity index (χ4n) is 1.66. The second-order valence-electron chi connectivity index (χ2n) is 3.62. The predicted molar refractivity (Wildman–Crippen MR) is 71.3 cm³/mol. The number of hydrogen-bond donors (Lipinski definition) is 0. The number of nitrogens with zero attached hydrogens (tertiary/aromatic N) is 2. The summed E-state index contributed by atoms with van der Waals surface area (Å²) >= 11 is 0. The van der Waals surface area contributed by atoms with E-state index < -0.39 is 10.0 Å². The highest BCUT2D eigenvalue weighted by molar-refractivity contribution is 7.92. The molecule has 1 aromatic carbocycles. The zero-order valence-electron chi connectivity index (χ0n) is 10.6. The van der Waals surface area contributed by atoms with E-state index in [0.717, 1.165) is 0 Å². The molecule has 1 aromatic rings. The van der Waals surface area contributed by atoms with Crippen LogP contribution in [0.4, 0.5) is 5.69 Å². The van der Waals surface area contributed by atoms with Gasteiger partial charge >= 0.3 is 0 Å². The number of hydrogen-bond acceptors (Lipinski definition) is 3. The highest BCUT2D eigenvalue weighted by atomic mass is 32.2. The molecule has 0 radical (unpaired) electrons. The van der Waals surface area contributed by atoms with E-state index in [1.807, 2.05) is 49.2 Å². The Hall–Kier alpha value is -1.07. The first kappa shape index (κ1) is 14.0. The number of hydrazine groups is 1. The van der Waals surface area contributed by atoms with Crippen LogP contribution in [0.1, 0.15) is 20.8 Å². The molecule has 17 heavy (non-hydrogen) atoms. The number of anilines is 1. The number of benzene rings is 1. The van der Waals surface area contributed by atoms with E-state index in [1.165, 1.54) is 4.41 Å². The van der Waals surface area contributed by atoms with E-state index in [0.29, 0.717) is 18.8 Å². The Balaban J connectivity index is 3.21. The Morgan fingerprint density at radius 3 is 1.94 bits per heavy atom. The largest absolute Gasteiger partial charge is 0.248 e. The number of para-hydroxylation sites is 1. The molecule has 0 unspecified atom stereocenters. The maximum absolute atomic E-state index is 12.1. The van der Waals surface area contributed by atoms with Gasteiger partial charge in [-0.2, -0.15) is 0 Å². The van der Waals surface area contributed by atoms with Gasteiger partial charge in [-0.15, -0.1) is 0 Å². The lowest BCUT2D eigenvalue weighted by molar-refractivity contribution is 0.319. The van der Waals surface area contributed by atoms with Crippen LogP contribution >= 0.6 is 0 Å². The number of sulfonamides is 1. The van der Waals surface area contributed by atoms with Gasteiger partial charge in [0.15, 0.2) is 0 Å². The van der Waals surface area contributed by atoms with Crippen LogP contribution in [-0.4, -0.2) is 32.3 Å². The van der Waals surface area contributed by atoms with Crippen molar-refractivity contribution in [1.29, 1.82) is 0 Å². The standard InChI is InChI=1S/C12H20N2O2S/c1-4-13(5-2)14(17(15,16)6-3)12-10-8-7-9-11-12/h7-11H,4-6H2,1-3H3. The lowest BCUT2D eigenvalue weighted by atomic mass is 10.3. The van der Waals surface area contributed by atoms with E-state index in [-0.39, 0.29) is 5.75 Å². The Morgan fingerprint density at radius 1 is 1.00 bits per heavy atom. The highest BCUT2D eigenvalue weighted by Gasteiger charge is 2.25. The maximum atomic E-state index is 12.1. The van der Waals surface area contributed by atoms with Crippen molar-refractivity contribution in [3.8, 4) is 0 Å². The lowest BCUT2D eigenvalue weighted by Gasteiger charge is -2.33. The van der Waals surface area contributed by atoms with Crippen molar-refractivity contribution < 1.29 is 8.42 Å². The monoisotopic (exact) mass is 256 g/mol. The first-order valence-electron chi connectivity index (χ1n) is 5.89. The fraction of sp³-hybridized carbons (Fsp3) is 0.500. The molecular weight excluding hydrogens is 236 g/mol. The summed E-state index contributed by atoms with van der Waals surface area (Å²) in [7, 11) is -3.28. The van der Waals surface area contributed by atoms with Crippen molar-refractivity contribution in [2.75, 3.05) is 23.3 Å². The second-order valence-corrected chi connectivity index (χ2v) is 5.71. The SMILES string of the molecule is CCN(CC)N(c1ccccc1)S(=O)(=O)CC. The van der Waals surface area contributed by atoms with E-state index in [9.17, 15) is 8.42 Å². The first-order chi connectivity index (χ1) is 8.06. The third kappa shape index (κ3) is 3.20. The van der Waals surface area contributed by atoms with Crippen LogP contribution in [0.3, 0.4) is 0 Å². The molecule has 0 atom stereocenters.